The Labute approximate surface area is 92.6 Å². The predicted molar refractivity (Wildman–Crippen MR) is 61.6 cm³/mol. The van der Waals surface area contributed by atoms with Gasteiger partial charge in [-0.05, 0) is 41.5 Å². The average Bonchev–Trinajstić information content (AvgIpc) is 1.95. The lowest BCUT2D eigenvalue weighted by atomic mass is 10.1. The van der Waals surface area contributed by atoms with Gasteiger partial charge in [0.05, 0.1) is 6.61 Å². The molecule has 0 saturated carbocycles. The van der Waals surface area contributed by atoms with E-state index in [4.69, 9.17) is 10.5 Å². The highest BCUT2D eigenvalue weighted by atomic mass is 16.5. The van der Waals surface area contributed by atoms with Crippen molar-refractivity contribution in [2.75, 3.05) is 6.61 Å². The van der Waals surface area contributed by atoms with Gasteiger partial charge in [0.25, 0.3) is 0 Å². The summed E-state index contributed by atoms with van der Waals surface area (Å²) < 4.78 is 5.38. The first kappa shape index (κ1) is 14.4. The summed E-state index contributed by atoms with van der Waals surface area (Å²) >= 11 is 0. The van der Waals surface area contributed by atoms with Gasteiger partial charge in [0.1, 0.15) is 6.10 Å². The van der Waals surface area contributed by atoms with Gasteiger partial charge in [0, 0.05) is 11.1 Å². The number of hydrogen-bond acceptors (Lipinski definition) is 3. The number of ether oxygens (including phenoxy) is 1. The molecular weight excluding hydrogens is 192 g/mol. The molecule has 0 aliphatic heterocycles. The minimum atomic E-state index is -0.466. The maximum atomic E-state index is 11.6. The zero-order chi connectivity index (χ0) is 12.3. The first-order chi connectivity index (χ1) is 6.51. The molecule has 90 valence electrons. The van der Waals surface area contributed by atoms with Crippen LogP contribution < -0.4 is 11.1 Å². The molecule has 4 heteroatoms. The molecule has 1 unspecified atom stereocenters. The zero-order valence-corrected chi connectivity index (χ0v) is 10.7. The van der Waals surface area contributed by atoms with Crippen molar-refractivity contribution in [3.63, 3.8) is 0 Å². The van der Waals surface area contributed by atoms with Crippen molar-refractivity contribution in [1.82, 2.24) is 5.32 Å². The molecule has 0 spiro atoms. The smallest absolute Gasteiger partial charge is 0.249 e. The fourth-order valence-electron chi connectivity index (χ4n) is 0.887. The molecule has 0 aromatic carbocycles. The summed E-state index contributed by atoms with van der Waals surface area (Å²) in [7, 11) is 0. The van der Waals surface area contributed by atoms with Gasteiger partial charge in [0.15, 0.2) is 0 Å². The van der Waals surface area contributed by atoms with Crippen LogP contribution in [0.4, 0.5) is 0 Å². The Bertz CT molecular complexity index is 214. The molecule has 0 fully saturated rings. The molecule has 0 aromatic heterocycles. The number of rotatable bonds is 4. The summed E-state index contributed by atoms with van der Waals surface area (Å²) in [5.41, 5.74) is 5.12. The topological polar surface area (TPSA) is 64.3 Å². The van der Waals surface area contributed by atoms with E-state index in [1.54, 1.807) is 6.92 Å². The summed E-state index contributed by atoms with van der Waals surface area (Å²) in [6, 6.07) is 0. The molecule has 0 saturated heterocycles. The molecule has 0 aliphatic rings. The highest BCUT2D eigenvalue weighted by Gasteiger charge is 2.21. The largest absolute Gasteiger partial charge is 0.367 e. The minimum Gasteiger partial charge on any atom is -0.367 e. The number of nitrogens with one attached hydrogen (secondary N) is 1. The summed E-state index contributed by atoms with van der Waals surface area (Å²) in [6.45, 7) is 11.6. The molecule has 15 heavy (non-hydrogen) atoms. The van der Waals surface area contributed by atoms with E-state index in [9.17, 15) is 4.79 Å². The second kappa shape index (κ2) is 4.94. The predicted octanol–water partition coefficient (Wildman–Crippen LogP) is 1.04. The summed E-state index contributed by atoms with van der Waals surface area (Å²) in [4.78, 5) is 11.6. The average molecular weight is 216 g/mol. The molecule has 4 nitrogen and oxygen atoms in total. The van der Waals surface area contributed by atoms with Crippen molar-refractivity contribution in [1.29, 1.82) is 0 Å². The van der Waals surface area contributed by atoms with Crippen LogP contribution in [0.3, 0.4) is 0 Å². The maximum absolute atomic E-state index is 11.6. The van der Waals surface area contributed by atoms with Crippen LogP contribution in [0, 0.1) is 0 Å². The third-order valence-corrected chi connectivity index (χ3v) is 1.57. The van der Waals surface area contributed by atoms with Crippen LogP contribution in [0.5, 0.6) is 0 Å². The van der Waals surface area contributed by atoms with Crippen molar-refractivity contribution < 1.29 is 9.53 Å². The van der Waals surface area contributed by atoms with E-state index in [-0.39, 0.29) is 11.4 Å². The standard InChI is InChI=1S/C11H24N2O2/c1-8(15-7-11(5,6)12)9(14)13-10(2,3)4/h8H,7,12H2,1-6H3,(H,13,14). The van der Waals surface area contributed by atoms with Crippen LogP contribution >= 0.6 is 0 Å². The molecule has 0 bridgehead atoms. The maximum Gasteiger partial charge on any atom is 0.249 e. The van der Waals surface area contributed by atoms with E-state index in [1.807, 2.05) is 34.6 Å². The van der Waals surface area contributed by atoms with Crippen molar-refractivity contribution in [2.24, 2.45) is 5.73 Å². The van der Waals surface area contributed by atoms with E-state index < -0.39 is 11.6 Å². The Morgan fingerprint density at radius 1 is 1.33 bits per heavy atom. The molecule has 0 heterocycles. The van der Waals surface area contributed by atoms with Crippen molar-refractivity contribution in [3.05, 3.63) is 0 Å². The van der Waals surface area contributed by atoms with E-state index >= 15 is 0 Å². The van der Waals surface area contributed by atoms with Crippen LogP contribution in [-0.2, 0) is 9.53 Å². The molecule has 0 aliphatic carbocycles. The summed E-state index contributed by atoms with van der Waals surface area (Å²) in [5, 5.41) is 2.85. The Balaban J connectivity index is 4.01. The lowest BCUT2D eigenvalue weighted by Crippen LogP contribution is -2.47. The summed E-state index contributed by atoms with van der Waals surface area (Å²) in [5.74, 6) is -0.105. The van der Waals surface area contributed by atoms with Gasteiger partial charge in [-0.1, -0.05) is 0 Å². The highest BCUT2D eigenvalue weighted by Crippen LogP contribution is 2.04. The van der Waals surface area contributed by atoms with Gasteiger partial charge >= 0.3 is 0 Å². The molecule has 0 rings (SSSR count). The van der Waals surface area contributed by atoms with Gasteiger partial charge in [-0.3, -0.25) is 4.79 Å². The van der Waals surface area contributed by atoms with Crippen molar-refractivity contribution in [2.45, 2.75) is 58.7 Å². The first-order valence-corrected chi connectivity index (χ1v) is 5.24. The lowest BCUT2D eigenvalue weighted by Gasteiger charge is -2.25. The number of amides is 1. The Kier molecular flexibility index (Phi) is 4.74. The van der Waals surface area contributed by atoms with E-state index in [0.29, 0.717) is 6.61 Å². The molecule has 0 aromatic rings. The number of carbonyl (C=O) groups is 1. The van der Waals surface area contributed by atoms with Crippen LogP contribution in [0.1, 0.15) is 41.5 Å². The van der Waals surface area contributed by atoms with Gasteiger partial charge in [-0.15, -0.1) is 0 Å². The Hall–Kier alpha value is -0.610. The van der Waals surface area contributed by atoms with Gasteiger partial charge in [0.2, 0.25) is 5.91 Å². The van der Waals surface area contributed by atoms with Crippen LogP contribution in [0.25, 0.3) is 0 Å². The summed E-state index contributed by atoms with van der Waals surface area (Å²) in [6.07, 6.45) is -0.466. The normalized spacial score (nSPS) is 14.9. The third-order valence-electron chi connectivity index (χ3n) is 1.57. The van der Waals surface area contributed by atoms with Crippen molar-refractivity contribution in [3.8, 4) is 0 Å². The fraction of sp³-hybridized carbons (Fsp3) is 0.909. The first-order valence-electron chi connectivity index (χ1n) is 5.24. The van der Waals surface area contributed by atoms with E-state index in [0.717, 1.165) is 0 Å². The SMILES string of the molecule is CC(OCC(C)(C)N)C(=O)NC(C)(C)C. The monoisotopic (exact) mass is 216 g/mol. The number of hydrogen-bond donors (Lipinski definition) is 2. The minimum absolute atomic E-state index is 0.105. The lowest BCUT2D eigenvalue weighted by molar-refractivity contribution is -0.134. The number of carbonyl (C=O) groups excluding carboxylic acids is 1. The molecule has 3 N–H and O–H groups in total. The second-order valence-corrected chi connectivity index (χ2v) is 5.68. The molecule has 0 radical (unpaired) electrons. The van der Waals surface area contributed by atoms with Crippen LogP contribution in [0.15, 0.2) is 0 Å². The fourth-order valence-corrected chi connectivity index (χ4v) is 0.887. The Morgan fingerprint density at radius 3 is 2.13 bits per heavy atom. The second-order valence-electron chi connectivity index (χ2n) is 5.68. The van der Waals surface area contributed by atoms with E-state index in [1.165, 1.54) is 0 Å². The van der Waals surface area contributed by atoms with Gasteiger partial charge in [-0.25, -0.2) is 0 Å². The highest BCUT2D eigenvalue weighted by molar-refractivity contribution is 5.80. The molecule has 1 atom stereocenters. The van der Waals surface area contributed by atoms with Crippen LogP contribution in [-0.4, -0.2) is 29.7 Å². The quantitative estimate of drug-likeness (QED) is 0.738. The van der Waals surface area contributed by atoms with Gasteiger partial charge in [-0.2, -0.15) is 0 Å². The third kappa shape index (κ3) is 8.39. The number of nitrogens with two attached hydrogens (primary N) is 1. The molecule has 1 amide bonds. The Morgan fingerprint density at radius 2 is 1.80 bits per heavy atom. The van der Waals surface area contributed by atoms with Crippen LogP contribution in [0.2, 0.25) is 0 Å². The van der Waals surface area contributed by atoms with Gasteiger partial charge < -0.3 is 15.8 Å². The van der Waals surface area contributed by atoms with E-state index in [2.05, 4.69) is 5.32 Å². The molecular formula is C11H24N2O2. The zero-order valence-electron chi connectivity index (χ0n) is 10.7. The van der Waals surface area contributed by atoms with Crippen molar-refractivity contribution >= 4 is 5.91 Å².